The molecular weight excluding hydrogens is 377 g/mol. The third-order valence-electron chi connectivity index (χ3n) is 4.69. The second-order valence-corrected chi connectivity index (χ2v) is 6.46. The van der Waals surface area contributed by atoms with Crippen LogP contribution >= 0.6 is 0 Å². The number of esters is 1. The van der Waals surface area contributed by atoms with Crippen LogP contribution < -0.4 is 4.90 Å². The Balaban J connectivity index is 1.85. The molecule has 0 aromatic carbocycles. The molecule has 1 aliphatic heterocycles. The molecule has 28 heavy (non-hydrogen) atoms. The lowest BCUT2D eigenvalue weighted by molar-refractivity contribution is -0.153. The minimum absolute atomic E-state index is 0.0380. The molecule has 0 aliphatic carbocycles. The average Bonchev–Trinajstić information content (AvgIpc) is 2.72. The molecule has 1 N–H and O–H groups in total. The van der Waals surface area contributed by atoms with E-state index in [0.29, 0.717) is 31.5 Å². The van der Waals surface area contributed by atoms with Gasteiger partial charge in [0.05, 0.1) is 7.11 Å². The van der Waals surface area contributed by atoms with Crippen molar-refractivity contribution >= 4 is 11.8 Å². The highest BCUT2D eigenvalue weighted by Gasteiger charge is 2.35. The Morgan fingerprint density at radius 1 is 1.25 bits per heavy atom. The first-order valence-electron chi connectivity index (χ1n) is 8.67. The number of aromatic nitrogens is 3. The van der Waals surface area contributed by atoms with Gasteiger partial charge in [0.25, 0.3) is 0 Å². The van der Waals surface area contributed by atoms with Crippen LogP contribution in [0.2, 0.25) is 0 Å². The number of halogens is 3. The predicted molar refractivity (Wildman–Crippen MR) is 93.2 cm³/mol. The lowest BCUT2D eigenvalue weighted by Gasteiger charge is -2.34. The van der Waals surface area contributed by atoms with Crippen molar-refractivity contribution in [2.75, 3.05) is 25.1 Å². The van der Waals surface area contributed by atoms with Crippen LogP contribution in [0.4, 0.5) is 19.0 Å². The summed E-state index contributed by atoms with van der Waals surface area (Å²) < 4.78 is 44.5. The minimum Gasteiger partial charge on any atom is -0.467 e. The summed E-state index contributed by atoms with van der Waals surface area (Å²) >= 11 is 0. The highest BCUT2D eigenvalue weighted by atomic mass is 19.4. The van der Waals surface area contributed by atoms with Crippen LogP contribution in [0.15, 0.2) is 30.6 Å². The first-order valence-corrected chi connectivity index (χ1v) is 8.67. The Bertz CT molecular complexity index is 825. The van der Waals surface area contributed by atoms with Crippen LogP contribution in [0.25, 0.3) is 11.4 Å². The summed E-state index contributed by atoms with van der Waals surface area (Å²) in [5, 5.41) is 9.97. The molecule has 0 radical (unpaired) electrons. The van der Waals surface area contributed by atoms with E-state index in [1.807, 2.05) is 0 Å². The van der Waals surface area contributed by atoms with E-state index >= 15 is 0 Å². The second-order valence-electron chi connectivity index (χ2n) is 6.46. The molecule has 1 atom stereocenters. The van der Waals surface area contributed by atoms with Crippen LogP contribution in [-0.4, -0.2) is 52.3 Å². The number of hydrogen-bond acceptors (Lipinski definition) is 7. The number of anilines is 1. The normalized spacial score (nSPS) is 16.7. The van der Waals surface area contributed by atoms with Gasteiger partial charge in [-0.2, -0.15) is 13.2 Å². The Kier molecular flexibility index (Phi) is 5.78. The molecule has 1 aliphatic rings. The van der Waals surface area contributed by atoms with E-state index in [1.54, 1.807) is 4.90 Å². The lowest BCUT2D eigenvalue weighted by atomic mass is 9.91. The number of nitrogens with zero attached hydrogens (tertiary/aromatic N) is 4. The molecule has 1 fully saturated rings. The molecule has 3 heterocycles. The average molecular weight is 396 g/mol. The van der Waals surface area contributed by atoms with Gasteiger partial charge in [0, 0.05) is 37.1 Å². The number of carbonyl (C=O) groups excluding carboxylic acids is 1. The number of ether oxygens (including phenoxy) is 1. The van der Waals surface area contributed by atoms with Crippen molar-refractivity contribution < 1.29 is 27.8 Å². The van der Waals surface area contributed by atoms with Crippen LogP contribution in [0.1, 0.15) is 18.5 Å². The summed E-state index contributed by atoms with van der Waals surface area (Å²) in [5.74, 6) is -0.906. The first-order chi connectivity index (χ1) is 13.3. The van der Waals surface area contributed by atoms with E-state index in [2.05, 4.69) is 19.7 Å². The molecular formula is C18H19F3N4O3. The minimum atomic E-state index is -4.61. The molecule has 150 valence electrons. The number of methoxy groups -OCH3 is 1. The molecule has 0 bridgehead atoms. The van der Waals surface area contributed by atoms with Gasteiger partial charge in [-0.1, -0.05) is 0 Å². The fourth-order valence-corrected chi connectivity index (χ4v) is 3.13. The van der Waals surface area contributed by atoms with Crippen LogP contribution in [-0.2, 0) is 15.7 Å². The zero-order valence-electron chi connectivity index (χ0n) is 15.1. The quantitative estimate of drug-likeness (QED) is 0.794. The standard InChI is InChI=1S/C18H19F3N4O3/c1-28-17(27)15(26)11-4-8-25(9-5-11)14-10-13(18(19,20)21)23-16(24-14)12-2-6-22-7-3-12/h2-3,6-7,10-11,15,26H,4-5,8-9H2,1H3. The van der Waals surface area contributed by atoms with Gasteiger partial charge in [-0.15, -0.1) is 0 Å². The van der Waals surface area contributed by atoms with Crippen molar-refractivity contribution in [3.05, 3.63) is 36.3 Å². The smallest absolute Gasteiger partial charge is 0.433 e. The molecule has 2 aromatic rings. The topological polar surface area (TPSA) is 88.4 Å². The zero-order valence-corrected chi connectivity index (χ0v) is 15.1. The van der Waals surface area contributed by atoms with Gasteiger partial charge >= 0.3 is 12.1 Å². The highest BCUT2D eigenvalue weighted by molar-refractivity contribution is 5.74. The van der Waals surface area contributed by atoms with Gasteiger partial charge in [-0.05, 0) is 30.9 Å². The maximum atomic E-state index is 13.3. The van der Waals surface area contributed by atoms with E-state index < -0.39 is 23.9 Å². The van der Waals surface area contributed by atoms with Crippen molar-refractivity contribution in [1.29, 1.82) is 0 Å². The van der Waals surface area contributed by atoms with Gasteiger partial charge in [-0.25, -0.2) is 14.8 Å². The van der Waals surface area contributed by atoms with Gasteiger partial charge in [0.1, 0.15) is 5.82 Å². The second kappa shape index (κ2) is 8.09. The fourth-order valence-electron chi connectivity index (χ4n) is 3.13. The van der Waals surface area contributed by atoms with Gasteiger partial charge < -0.3 is 14.7 Å². The number of carbonyl (C=O) groups is 1. The third-order valence-corrected chi connectivity index (χ3v) is 4.69. The van der Waals surface area contributed by atoms with E-state index in [4.69, 9.17) is 0 Å². The number of aliphatic hydroxyl groups excluding tert-OH is 1. The van der Waals surface area contributed by atoms with Crippen molar-refractivity contribution in [3.63, 3.8) is 0 Å². The number of aliphatic hydroxyl groups is 1. The molecule has 1 saturated heterocycles. The number of hydrogen-bond donors (Lipinski definition) is 1. The summed E-state index contributed by atoms with van der Waals surface area (Å²) in [5.41, 5.74) is -0.598. The van der Waals surface area contributed by atoms with Crippen LogP contribution in [0.5, 0.6) is 0 Å². The molecule has 0 amide bonds. The number of alkyl halides is 3. The van der Waals surface area contributed by atoms with Crippen LogP contribution in [0, 0.1) is 5.92 Å². The molecule has 0 spiro atoms. The summed E-state index contributed by atoms with van der Waals surface area (Å²) in [4.78, 5) is 25.0. The molecule has 3 rings (SSSR count). The van der Waals surface area contributed by atoms with E-state index in [-0.39, 0.29) is 17.6 Å². The Morgan fingerprint density at radius 2 is 1.89 bits per heavy atom. The summed E-state index contributed by atoms with van der Waals surface area (Å²) in [6, 6.07) is 4.00. The SMILES string of the molecule is COC(=O)C(O)C1CCN(c2cc(C(F)(F)F)nc(-c3ccncc3)n2)CC1. The summed E-state index contributed by atoms with van der Waals surface area (Å²) in [7, 11) is 1.20. The van der Waals surface area contributed by atoms with Gasteiger partial charge in [0.15, 0.2) is 17.6 Å². The molecule has 0 saturated carbocycles. The van der Waals surface area contributed by atoms with E-state index in [9.17, 15) is 23.1 Å². The molecule has 7 nitrogen and oxygen atoms in total. The first kappa shape index (κ1) is 20.0. The van der Waals surface area contributed by atoms with Crippen molar-refractivity contribution in [2.45, 2.75) is 25.1 Å². The van der Waals surface area contributed by atoms with Crippen LogP contribution in [0.3, 0.4) is 0 Å². The van der Waals surface area contributed by atoms with Crippen molar-refractivity contribution in [3.8, 4) is 11.4 Å². The predicted octanol–water partition coefficient (Wildman–Crippen LogP) is 2.31. The monoisotopic (exact) mass is 396 g/mol. The Hall–Kier alpha value is -2.75. The molecule has 10 heteroatoms. The maximum Gasteiger partial charge on any atom is 0.433 e. The lowest BCUT2D eigenvalue weighted by Crippen LogP contribution is -2.41. The number of piperidine rings is 1. The Morgan fingerprint density at radius 3 is 2.46 bits per heavy atom. The summed E-state index contributed by atoms with van der Waals surface area (Å²) in [6.45, 7) is 0.700. The van der Waals surface area contributed by atoms with Crippen molar-refractivity contribution in [1.82, 2.24) is 15.0 Å². The largest absolute Gasteiger partial charge is 0.467 e. The van der Waals surface area contributed by atoms with E-state index in [1.165, 1.54) is 31.6 Å². The molecule has 2 aromatic heterocycles. The van der Waals surface area contributed by atoms with Gasteiger partial charge in [-0.3, -0.25) is 4.98 Å². The van der Waals surface area contributed by atoms with Gasteiger partial charge in [0.2, 0.25) is 0 Å². The van der Waals surface area contributed by atoms with Crippen molar-refractivity contribution in [2.24, 2.45) is 5.92 Å². The number of rotatable bonds is 4. The summed E-state index contributed by atoms with van der Waals surface area (Å²) in [6.07, 6.45) is -2.09. The highest BCUT2D eigenvalue weighted by Crippen LogP contribution is 2.33. The van der Waals surface area contributed by atoms with E-state index in [0.717, 1.165) is 6.07 Å². The zero-order chi connectivity index (χ0) is 20.3. The fraction of sp³-hybridized carbons (Fsp3) is 0.444. The third kappa shape index (κ3) is 4.38. The Labute approximate surface area is 159 Å². The maximum absolute atomic E-state index is 13.3. The molecule has 1 unspecified atom stereocenters. The number of pyridine rings is 1.